The average molecular weight is 295 g/mol. The summed E-state index contributed by atoms with van der Waals surface area (Å²) in [6.45, 7) is 1.92. The summed E-state index contributed by atoms with van der Waals surface area (Å²) in [5.41, 5.74) is 0.834. The maximum Gasteiger partial charge on any atom is 0.224 e. The Morgan fingerprint density at radius 2 is 2.00 bits per heavy atom. The molecule has 0 amide bonds. The highest BCUT2D eigenvalue weighted by Gasteiger charge is 2.10. The van der Waals surface area contributed by atoms with Gasteiger partial charge in [-0.25, -0.2) is 9.97 Å². The molecule has 0 aliphatic heterocycles. The summed E-state index contributed by atoms with van der Waals surface area (Å²) in [7, 11) is 0. The number of nitrogens with zero attached hydrogens (tertiary/aromatic N) is 4. The molecule has 1 aromatic carbocycles. The normalized spacial score (nSPS) is 11.0. The van der Waals surface area contributed by atoms with Crippen LogP contribution < -0.4 is 0 Å². The van der Waals surface area contributed by atoms with Gasteiger partial charge in [0, 0.05) is 5.39 Å². The molecule has 0 fully saturated rings. The van der Waals surface area contributed by atoms with Gasteiger partial charge in [0.05, 0.1) is 5.52 Å². The van der Waals surface area contributed by atoms with Crippen LogP contribution in [0.2, 0.25) is 5.28 Å². The topological polar surface area (TPSA) is 51.6 Å². The molecule has 0 bridgehead atoms. The second kappa shape index (κ2) is 4.79. The minimum Gasteiger partial charge on any atom is -0.218 e. The van der Waals surface area contributed by atoms with Crippen molar-refractivity contribution in [1.29, 1.82) is 0 Å². The number of fused-ring (bicyclic) bond motifs is 1. The molecular weight excluding hydrogens is 288 g/mol. The maximum atomic E-state index is 5.93. The van der Waals surface area contributed by atoms with Crippen molar-refractivity contribution in [2.45, 2.75) is 16.3 Å². The van der Waals surface area contributed by atoms with E-state index < -0.39 is 0 Å². The van der Waals surface area contributed by atoms with Gasteiger partial charge in [-0.3, -0.25) is 0 Å². The number of hydrogen-bond acceptors (Lipinski definition) is 6. The molecule has 0 spiro atoms. The molecule has 18 heavy (non-hydrogen) atoms. The van der Waals surface area contributed by atoms with Crippen molar-refractivity contribution in [3.05, 3.63) is 34.6 Å². The number of para-hydroxylation sites is 1. The van der Waals surface area contributed by atoms with Gasteiger partial charge < -0.3 is 0 Å². The van der Waals surface area contributed by atoms with E-state index in [4.69, 9.17) is 11.6 Å². The van der Waals surface area contributed by atoms with Gasteiger partial charge in [0.15, 0.2) is 4.34 Å². The Labute approximate surface area is 116 Å². The molecule has 7 heteroatoms. The third-order valence-corrected chi connectivity index (χ3v) is 4.30. The van der Waals surface area contributed by atoms with Crippen molar-refractivity contribution in [2.24, 2.45) is 0 Å². The smallest absolute Gasteiger partial charge is 0.218 e. The van der Waals surface area contributed by atoms with Crippen molar-refractivity contribution < 1.29 is 0 Å². The number of hydrogen-bond donors (Lipinski definition) is 0. The van der Waals surface area contributed by atoms with Gasteiger partial charge in [-0.1, -0.05) is 29.5 Å². The SMILES string of the molecule is Cc1nnc(Sc2nc(Cl)nc3ccccc23)s1. The third-order valence-electron chi connectivity index (χ3n) is 2.23. The van der Waals surface area contributed by atoms with E-state index >= 15 is 0 Å². The van der Waals surface area contributed by atoms with Crippen molar-refractivity contribution >= 4 is 45.6 Å². The minimum atomic E-state index is 0.248. The highest BCUT2D eigenvalue weighted by atomic mass is 35.5. The van der Waals surface area contributed by atoms with E-state index in [9.17, 15) is 0 Å². The molecule has 2 aromatic heterocycles. The molecule has 0 N–H and O–H groups in total. The lowest BCUT2D eigenvalue weighted by Gasteiger charge is -2.02. The molecular formula is C11H7ClN4S2. The summed E-state index contributed by atoms with van der Waals surface area (Å²) in [5, 5.41) is 11.0. The molecule has 2 heterocycles. The molecule has 3 rings (SSSR count). The summed E-state index contributed by atoms with van der Waals surface area (Å²) in [6.07, 6.45) is 0. The fourth-order valence-electron chi connectivity index (χ4n) is 1.50. The number of rotatable bonds is 2. The van der Waals surface area contributed by atoms with Crippen LogP contribution in [0.4, 0.5) is 0 Å². The number of benzene rings is 1. The largest absolute Gasteiger partial charge is 0.224 e. The number of aromatic nitrogens is 4. The third kappa shape index (κ3) is 2.31. The summed E-state index contributed by atoms with van der Waals surface area (Å²) < 4.78 is 0.854. The summed E-state index contributed by atoms with van der Waals surface area (Å²) in [4.78, 5) is 8.45. The van der Waals surface area contributed by atoms with E-state index in [0.717, 1.165) is 25.3 Å². The predicted molar refractivity (Wildman–Crippen MR) is 73.3 cm³/mol. The van der Waals surface area contributed by atoms with Crippen LogP contribution in [0.3, 0.4) is 0 Å². The first-order chi connectivity index (χ1) is 8.72. The van der Waals surface area contributed by atoms with E-state index in [-0.39, 0.29) is 5.28 Å². The zero-order valence-electron chi connectivity index (χ0n) is 9.29. The van der Waals surface area contributed by atoms with Gasteiger partial charge in [-0.15, -0.1) is 10.2 Å². The monoisotopic (exact) mass is 294 g/mol. The maximum absolute atomic E-state index is 5.93. The van der Waals surface area contributed by atoms with Gasteiger partial charge in [0.25, 0.3) is 0 Å². The molecule has 0 saturated carbocycles. The quantitative estimate of drug-likeness (QED) is 0.534. The van der Waals surface area contributed by atoms with Crippen LogP contribution in [0, 0.1) is 6.92 Å². The minimum absolute atomic E-state index is 0.248. The first kappa shape index (κ1) is 11.8. The molecule has 0 atom stereocenters. The molecule has 0 unspecified atom stereocenters. The van der Waals surface area contributed by atoms with Crippen molar-refractivity contribution in [1.82, 2.24) is 20.2 Å². The lowest BCUT2D eigenvalue weighted by atomic mass is 10.2. The fourth-order valence-corrected chi connectivity index (χ4v) is 3.57. The first-order valence-electron chi connectivity index (χ1n) is 5.12. The molecule has 0 radical (unpaired) electrons. The molecule has 0 aliphatic rings. The number of halogens is 1. The zero-order chi connectivity index (χ0) is 12.5. The second-order valence-electron chi connectivity index (χ2n) is 3.50. The Morgan fingerprint density at radius 3 is 2.78 bits per heavy atom. The van der Waals surface area contributed by atoms with Crippen molar-refractivity contribution in [2.75, 3.05) is 0 Å². The van der Waals surface area contributed by atoms with E-state index in [0.29, 0.717) is 0 Å². The lowest BCUT2D eigenvalue weighted by molar-refractivity contribution is 0.980. The van der Waals surface area contributed by atoms with Gasteiger partial charge in [-0.2, -0.15) is 0 Å². The van der Waals surface area contributed by atoms with Crippen LogP contribution in [0.15, 0.2) is 33.6 Å². The summed E-state index contributed by atoms with van der Waals surface area (Å²) in [5.74, 6) is 0. The molecule has 0 saturated heterocycles. The molecule has 0 aliphatic carbocycles. The Morgan fingerprint density at radius 1 is 1.17 bits per heavy atom. The highest BCUT2D eigenvalue weighted by Crippen LogP contribution is 2.33. The Hall–Kier alpha value is -1.24. The first-order valence-corrected chi connectivity index (χ1v) is 7.14. The Kier molecular flexibility index (Phi) is 3.15. The van der Waals surface area contributed by atoms with Gasteiger partial charge in [0.1, 0.15) is 10.0 Å². The Bertz CT molecular complexity index is 713. The van der Waals surface area contributed by atoms with Crippen LogP contribution in [0.5, 0.6) is 0 Å². The molecule has 3 aromatic rings. The van der Waals surface area contributed by atoms with Gasteiger partial charge in [-0.05, 0) is 36.4 Å². The fraction of sp³-hybridized carbons (Fsp3) is 0.0909. The van der Waals surface area contributed by atoms with Gasteiger partial charge >= 0.3 is 0 Å². The van der Waals surface area contributed by atoms with Crippen LogP contribution in [-0.4, -0.2) is 20.2 Å². The highest BCUT2D eigenvalue weighted by molar-refractivity contribution is 8.01. The van der Waals surface area contributed by atoms with Gasteiger partial charge in [0.2, 0.25) is 5.28 Å². The van der Waals surface area contributed by atoms with Crippen molar-refractivity contribution in [3.63, 3.8) is 0 Å². The van der Waals surface area contributed by atoms with Crippen molar-refractivity contribution in [3.8, 4) is 0 Å². The van der Waals surface area contributed by atoms with E-state index in [1.54, 1.807) is 0 Å². The van der Waals surface area contributed by atoms with E-state index in [1.807, 2.05) is 31.2 Å². The number of aryl methyl sites for hydroxylation is 1. The second-order valence-corrected chi connectivity index (χ2v) is 6.26. The van der Waals surface area contributed by atoms with Crippen LogP contribution >= 0.6 is 34.7 Å². The van der Waals surface area contributed by atoms with E-state index in [2.05, 4.69) is 20.2 Å². The van der Waals surface area contributed by atoms with Crippen LogP contribution in [-0.2, 0) is 0 Å². The Balaban J connectivity index is 2.10. The molecule has 4 nitrogen and oxygen atoms in total. The lowest BCUT2D eigenvalue weighted by Crippen LogP contribution is -1.89. The summed E-state index contributed by atoms with van der Waals surface area (Å²) in [6, 6.07) is 7.77. The average Bonchev–Trinajstić information content (AvgIpc) is 2.74. The van der Waals surface area contributed by atoms with E-state index in [1.165, 1.54) is 23.1 Å². The predicted octanol–water partition coefficient (Wildman–Crippen LogP) is 3.59. The van der Waals surface area contributed by atoms with Crippen LogP contribution in [0.1, 0.15) is 5.01 Å². The van der Waals surface area contributed by atoms with Crippen LogP contribution in [0.25, 0.3) is 10.9 Å². The standard InChI is InChI=1S/C11H7ClN4S2/c1-6-15-16-11(17-6)18-9-7-4-2-3-5-8(7)13-10(12)14-9/h2-5H,1H3. The molecule has 90 valence electrons. The zero-order valence-corrected chi connectivity index (χ0v) is 11.7. The summed E-state index contributed by atoms with van der Waals surface area (Å²) >= 11 is 8.92.